The van der Waals surface area contributed by atoms with E-state index in [0.29, 0.717) is 0 Å². The van der Waals surface area contributed by atoms with Crippen LogP contribution in [0.4, 0.5) is 0 Å². The zero-order valence-electron chi connectivity index (χ0n) is 19.4. The number of para-hydroxylation sites is 1. The molecule has 0 saturated carbocycles. The first-order valence-corrected chi connectivity index (χ1v) is 13.0. The molecule has 0 radical (unpaired) electrons. The molecule has 0 spiro atoms. The summed E-state index contributed by atoms with van der Waals surface area (Å²) in [6, 6.07) is 43.7. The molecule has 6 aromatic carbocycles. The summed E-state index contributed by atoms with van der Waals surface area (Å²) in [5.74, 6) is 0. The molecule has 2 heterocycles. The van der Waals surface area contributed by atoms with Gasteiger partial charge in [0.05, 0.1) is 0 Å². The van der Waals surface area contributed by atoms with Crippen LogP contribution in [0.1, 0.15) is 0 Å². The highest BCUT2D eigenvalue weighted by atomic mass is 32.1. The number of furan rings is 1. The molecular formula is C34H20OS. The third kappa shape index (κ3) is 2.76. The third-order valence-electron chi connectivity index (χ3n) is 7.30. The van der Waals surface area contributed by atoms with Crippen LogP contribution in [0.25, 0.3) is 75.1 Å². The van der Waals surface area contributed by atoms with Crippen LogP contribution in [0.3, 0.4) is 0 Å². The van der Waals surface area contributed by atoms with Crippen molar-refractivity contribution >= 4 is 64.2 Å². The van der Waals surface area contributed by atoms with Crippen LogP contribution in [0.15, 0.2) is 126 Å². The molecule has 36 heavy (non-hydrogen) atoms. The second-order valence-corrected chi connectivity index (χ2v) is 10.3. The Bertz CT molecular complexity index is 2040. The minimum atomic E-state index is 0.953. The van der Waals surface area contributed by atoms with E-state index in [1.807, 2.05) is 6.07 Å². The summed E-state index contributed by atoms with van der Waals surface area (Å²) in [6.45, 7) is 0. The van der Waals surface area contributed by atoms with Crippen molar-refractivity contribution in [2.24, 2.45) is 0 Å². The number of benzene rings is 6. The molecule has 0 fully saturated rings. The monoisotopic (exact) mass is 476 g/mol. The maximum atomic E-state index is 6.21. The molecule has 8 aromatic rings. The van der Waals surface area contributed by atoms with Gasteiger partial charge in [-0.1, -0.05) is 114 Å². The standard InChI is InChI=1S/C34H20OS/c1-2-10-21(11-3-1)31-23-12-4-6-14-25(23)32(26-15-7-5-13-24(26)31)22-18-19-30-28(20-22)33-27-16-8-9-17-29(27)35-34(33)36-30/h1-20H. The lowest BCUT2D eigenvalue weighted by atomic mass is 9.86. The highest BCUT2D eigenvalue weighted by Crippen LogP contribution is 2.46. The van der Waals surface area contributed by atoms with Gasteiger partial charge >= 0.3 is 0 Å². The van der Waals surface area contributed by atoms with E-state index >= 15 is 0 Å². The fourth-order valence-electron chi connectivity index (χ4n) is 5.77. The Morgan fingerprint density at radius 1 is 0.444 bits per heavy atom. The summed E-state index contributed by atoms with van der Waals surface area (Å²) < 4.78 is 7.46. The van der Waals surface area contributed by atoms with E-state index in [9.17, 15) is 0 Å². The van der Waals surface area contributed by atoms with Crippen LogP contribution >= 0.6 is 11.3 Å². The molecule has 0 unspecified atom stereocenters. The van der Waals surface area contributed by atoms with Gasteiger partial charge < -0.3 is 4.42 Å². The lowest BCUT2D eigenvalue weighted by molar-refractivity contribution is 0.678. The summed E-state index contributed by atoms with van der Waals surface area (Å²) in [4.78, 5) is 0.998. The Labute approximate surface area is 211 Å². The molecule has 1 nitrogen and oxygen atoms in total. The van der Waals surface area contributed by atoms with Gasteiger partial charge in [-0.3, -0.25) is 0 Å². The van der Waals surface area contributed by atoms with E-state index in [1.54, 1.807) is 11.3 Å². The van der Waals surface area contributed by atoms with Crippen LogP contribution < -0.4 is 0 Å². The smallest absolute Gasteiger partial charge is 0.190 e. The highest BCUT2D eigenvalue weighted by molar-refractivity contribution is 7.25. The molecule has 8 rings (SSSR count). The van der Waals surface area contributed by atoms with E-state index in [0.717, 1.165) is 10.5 Å². The van der Waals surface area contributed by atoms with Crippen molar-refractivity contribution in [3.8, 4) is 22.3 Å². The Balaban J connectivity index is 1.51. The molecule has 0 saturated heterocycles. The van der Waals surface area contributed by atoms with Gasteiger partial charge in [0.15, 0.2) is 4.90 Å². The molecule has 0 aliphatic carbocycles. The molecule has 168 valence electrons. The van der Waals surface area contributed by atoms with Crippen molar-refractivity contribution in [2.45, 2.75) is 0 Å². The Morgan fingerprint density at radius 3 is 1.67 bits per heavy atom. The van der Waals surface area contributed by atoms with Crippen LogP contribution in [-0.2, 0) is 0 Å². The molecule has 0 aliphatic rings. The van der Waals surface area contributed by atoms with Gasteiger partial charge in [0.2, 0.25) is 0 Å². The second-order valence-electron chi connectivity index (χ2n) is 9.28. The van der Waals surface area contributed by atoms with Crippen LogP contribution in [0.2, 0.25) is 0 Å². The molecule has 2 aromatic heterocycles. The van der Waals surface area contributed by atoms with Crippen molar-refractivity contribution in [2.75, 3.05) is 0 Å². The highest BCUT2D eigenvalue weighted by Gasteiger charge is 2.18. The minimum Gasteiger partial charge on any atom is -0.445 e. The van der Waals surface area contributed by atoms with Crippen LogP contribution in [0, 0.1) is 0 Å². The summed E-state index contributed by atoms with van der Waals surface area (Å²) in [6.07, 6.45) is 0. The average molecular weight is 477 g/mol. The fraction of sp³-hybridized carbons (Fsp3) is 0. The topological polar surface area (TPSA) is 13.1 Å². The first-order valence-electron chi connectivity index (χ1n) is 12.2. The van der Waals surface area contributed by atoms with Gasteiger partial charge in [-0.15, -0.1) is 0 Å². The summed E-state index contributed by atoms with van der Waals surface area (Å²) in [7, 11) is 0. The lowest BCUT2D eigenvalue weighted by Gasteiger charge is -2.17. The summed E-state index contributed by atoms with van der Waals surface area (Å²) >= 11 is 1.73. The van der Waals surface area contributed by atoms with E-state index in [-0.39, 0.29) is 0 Å². The SMILES string of the molecule is c1ccc(-c2c3ccccc3c(-c3ccc4sc5oc6ccccc6c5c4c3)c3ccccc23)cc1. The second kappa shape index (κ2) is 7.55. The third-order valence-corrected chi connectivity index (χ3v) is 8.35. The predicted octanol–water partition coefficient (Wildman–Crippen LogP) is 10.4. The summed E-state index contributed by atoms with van der Waals surface area (Å²) in [5, 5.41) is 8.78. The molecule has 0 N–H and O–H groups in total. The van der Waals surface area contributed by atoms with E-state index < -0.39 is 0 Å². The number of fused-ring (bicyclic) bond motifs is 7. The number of thiophene rings is 1. The minimum absolute atomic E-state index is 0.953. The van der Waals surface area contributed by atoms with E-state index in [4.69, 9.17) is 4.42 Å². The Morgan fingerprint density at radius 2 is 1.00 bits per heavy atom. The number of rotatable bonds is 2. The van der Waals surface area contributed by atoms with Gasteiger partial charge in [0, 0.05) is 20.9 Å². The number of hydrogen-bond acceptors (Lipinski definition) is 2. The first-order chi connectivity index (χ1) is 17.9. The van der Waals surface area contributed by atoms with Gasteiger partial charge in [-0.05, 0) is 62.0 Å². The lowest BCUT2D eigenvalue weighted by Crippen LogP contribution is -1.90. The van der Waals surface area contributed by atoms with Crippen LogP contribution in [0.5, 0.6) is 0 Å². The van der Waals surface area contributed by atoms with Crippen LogP contribution in [-0.4, -0.2) is 0 Å². The summed E-state index contributed by atoms with van der Waals surface area (Å²) in [5.41, 5.74) is 6.02. The zero-order chi connectivity index (χ0) is 23.6. The predicted molar refractivity (Wildman–Crippen MR) is 155 cm³/mol. The average Bonchev–Trinajstić information content (AvgIpc) is 3.48. The fourth-order valence-corrected chi connectivity index (χ4v) is 6.84. The van der Waals surface area contributed by atoms with Crippen molar-refractivity contribution < 1.29 is 4.42 Å². The Kier molecular flexibility index (Phi) is 4.16. The number of hydrogen-bond donors (Lipinski definition) is 0. The largest absolute Gasteiger partial charge is 0.445 e. The molecule has 0 atom stereocenters. The normalized spacial score (nSPS) is 11.9. The van der Waals surface area contributed by atoms with Crippen molar-refractivity contribution in [1.82, 2.24) is 0 Å². The quantitative estimate of drug-likeness (QED) is 0.226. The van der Waals surface area contributed by atoms with Gasteiger partial charge in [0.25, 0.3) is 0 Å². The van der Waals surface area contributed by atoms with Crippen molar-refractivity contribution in [3.05, 3.63) is 121 Å². The van der Waals surface area contributed by atoms with Gasteiger partial charge in [0.1, 0.15) is 5.58 Å². The van der Waals surface area contributed by atoms with E-state index in [1.165, 1.54) is 64.7 Å². The van der Waals surface area contributed by atoms with Gasteiger partial charge in [-0.2, -0.15) is 0 Å². The Hall–Kier alpha value is -4.40. The maximum absolute atomic E-state index is 6.21. The molecule has 2 heteroatoms. The molecular weight excluding hydrogens is 456 g/mol. The van der Waals surface area contributed by atoms with Crippen molar-refractivity contribution in [1.29, 1.82) is 0 Å². The molecule has 0 bridgehead atoms. The molecule has 0 aliphatic heterocycles. The van der Waals surface area contributed by atoms with Crippen molar-refractivity contribution in [3.63, 3.8) is 0 Å². The van der Waals surface area contributed by atoms with Gasteiger partial charge in [-0.25, -0.2) is 0 Å². The zero-order valence-corrected chi connectivity index (χ0v) is 20.2. The maximum Gasteiger partial charge on any atom is 0.190 e. The molecule has 0 amide bonds. The first kappa shape index (κ1) is 19.9. The van der Waals surface area contributed by atoms with E-state index in [2.05, 4.69) is 115 Å².